The summed E-state index contributed by atoms with van der Waals surface area (Å²) in [5.41, 5.74) is 0. The highest BCUT2D eigenvalue weighted by Gasteiger charge is 2.05. The van der Waals surface area contributed by atoms with Gasteiger partial charge in [0.15, 0.2) is 0 Å². The Balaban J connectivity index is 3.60. The Morgan fingerprint density at radius 2 is 2.23 bits per heavy atom. The Bertz CT molecular complexity index is 242. The first-order chi connectivity index (χ1) is 6.20. The topological polar surface area (TPSA) is 55.4 Å². The van der Waals surface area contributed by atoms with Gasteiger partial charge in [-0.05, 0) is 10.3 Å². The summed E-state index contributed by atoms with van der Waals surface area (Å²) in [4.78, 5) is 21.4. The maximum absolute atomic E-state index is 10.8. The summed E-state index contributed by atoms with van der Waals surface area (Å²) >= 11 is 1.69. The number of amides is 1. The maximum Gasteiger partial charge on any atom is 0.415 e. The molecule has 72 valence electrons. The quantitative estimate of drug-likeness (QED) is 0.282. The van der Waals surface area contributed by atoms with E-state index in [4.69, 9.17) is 0 Å². The SMILES string of the molecule is CCCCNC(=O)OC(=O)C#CI. The number of halogens is 1. The number of ether oxygens (including phenoxy) is 1. The first-order valence-electron chi connectivity index (χ1n) is 3.82. The molecule has 0 atom stereocenters. The predicted molar refractivity (Wildman–Crippen MR) is 56.2 cm³/mol. The normalized spacial score (nSPS) is 8.15. The first kappa shape index (κ1) is 12.2. The second kappa shape index (κ2) is 7.86. The van der Waals surface area contributed by atoms with Crippen molar-refractivity contribution in [1.29, 1.82) is 0 Å². The molecule has 0 saturated heterocycles. The summed E-state index contributed by atoms with van der Waals surface area (Å²) in [5, 5.41) is 2.42. The lowest BCUT2D eigenvalue weighted by Crippen LogP contribution is -2.27. The van der Waals surface area contributed by atoms with Crippen LogP contribution in [0.15, 0.2) is 0 Å². The van der Waals surface area contributed by atoms with Crippen molar-refractivity contribution in [2.24, 2.45) is 0 Å². The molecule has 0 aromatic rings. The van der Waals surface area contributed by atoms with Crippen molar-refractivity contribution in [2.75, 3.05) is 6.54 Å². The number of esters is 1. The maximum atomic E-state index is 10.8. The van der Waals surface area contributed by atoms with E-state index >= 15 is 0 Å². The van der Waals surface area contributed by atoms with Gasteiger partial charge in [0.1, 0.15) is 0 Å². The summed E-state index contributed by atoms with van der Waals surface area (Å²) < 4.78 is 6.58. The van der Waals surface area contributed by atoms with Crippen molar-refractivity contribution in [3.05, 3.63) is 0 Å². The number of hydrogen-bond acceptors (Lipinski definition) is 3. The number of unbranched alkanes of at least 4 members (excludes halogenated alkanes) is 1. The molecule has 5 heteroatoms. The second-order valence-electron chi connectivity index (χ2n) is 2.18. The number of rotatable bonds is 3. The molecule has 13 heavy (non-hydrogen) atoms. The Morgan fingerprint density at radius 3 is 2.77 bits per heavy atom. The van der Waals surface area contributed by atoms with E-state index in [9.17, 15) is 9.59 Å². The highest BCUT2D eigenvalue weighted by molar-refractivity contribution is 14.1. The Hall–Kier alpha value is -0.770. The molecule has 0 fully saturated rings. The molecule has 0 heterocycles. The van der Waals surface area contributed by atoms with Gasteiger partial charge in [-0.2, -0.15) is 0 Å². The fraction of sp³-hybridized carbons (Fsp3) is 0.500. The molecular weight excluding hydrogens is 285 g/mol. The molecule has 0 aliphatic heterocycles. The smallest absolute Gasteiger partial charge is 0.366 e. The van der Waals surface area contributed by atoms with Crippen LogP contribution in [0, 0.1) is 9.85 Å². The molecular formula is C8H10INO3. The van der Waals surface area contributed by atoms with E-state index in [2.05, 4.69) is 19.9 Å². The molecule has 0 saturated carbocycles. The van der Waals surface area contributed by atoms with E-state index in [-0.39, 0.29) is 0 Å². The van der Waals surface area contributed by atoms with Crippen LogP contribution in [0.1, 0.15) is 19.8 Å². The number of nitrogens with one attached hydrogen (secondary N) is 1. The Labute approximate surface area is 90.5 Å². The monoisotopic (exact) mass is 295 g/mol. The fourth-order valence-corrected chi connectivity index (χ4v) is 0.772. The van der Waals surface area contributed by atoms with Gasteiger partial charge < -0.3 is 10.1 Å². The number of carbonyl (C=O) groups excluding carboxylic acids is 2. The minimum atomic E-state index is -0.830. The fourth-order valence-electron chi connectivity index (χ4n) is 0.552. The van der Waals surface area contributed by atoms with Crippen LogP contribution in [0.2, 0.25) is 0 Å². The Morgan fingerprint density at radius 1 is 1.54 bits per heavy atom. The first-order valence-corrected chi connectivity index (χ1v) is 4.89. The number of hydrogen-bond donors (Lipinski definition) is 1. The van der Waals surface area contributed by atoms with E-state index in [0.29, 0.717) is 6.54 Å². The van der Waals surface area contributed by atoms with Gasteiger partial charge in [0.05, 0.1) is 0 Å². The van der Waals surface area contributed by atoms with Crippen LogP contribution in [0.25, 0.3) is 0 Å². The van der Waals surface area contributed by atoms with Crippen molar-refractivity contribution >= 4 is 34.7 Å². The van der Waals surface area contributed by atoms with E-state index in [1.807, 2.05) is 6.92 Å². The van der Waals surface area contributed by atoms with E-state index in [1.54, 1.807) is 22.6 Å². The summed E-state index contributed by atoms with van der Waals surface area (Å²) in [6.45, 7) is 2.51. The third-order valence-electron chi connectivity index (χ3n) is 1.13. The standard InChI is InChI=1S/C8H10INO3/c1-2-3-6-10-8(12)13-7(11)4-5-9/h2-3,6H2,1H3,(H,10,12). The van der Waals surface area contributed by atoms with Gasteiger partial charge in [0.25, 0.3) is 0 Å². The molecule has 0 rings (SSSR count). The van der Waals surface area contributed by atoms with Gasteiger partial charge in [-0.15, -0.1) is 0 Å². The average molecular weight is 295 g/mol. The largest absolute Gasteiger partial charge is 0.415 e. The van der Waals surface area contributed by atoms with Crippen LogP contribution in [0.5, 0.6) is 0 Å². The highest BCUT2D eigenvalue weighted by atomic mass is 127. The zero-order chi connectivity index (χ0) is 10.1. The molecule has 0 aliphatic carbocycles. The van der Waals surface area contributed by atoms with Gasteiger partial charge in [0, 0.05) is 35.1 Å². The zero-order valence-corrected chi connectivity index (χ0v) is 9.38. The van der Waals surface area contributed by atoms with Crippen LogP contribution in [-0.4, -0.2) is 18.6 Å². The van der Waals surface area contributed by atoms with Crippen molar-refractivity contribution in [1.82, 2.24) is 5.32 Å². The number of alkyl carbamates (subject to hydrolysis) is 1. The third-order valence-corrected chi connectivity index (χ3v) is 1.40. The van der Waals surface area contributed by atoms with Gasteiger partial charge in [-0.3, -0.25) is 0 Å². The molecule has 0 aliphatic rings. The summed E-state index contributed by atoms with van der Waals surface area (Å²) in [7, 11) is 0. The van der Waals surface area contributed by atoms with Gasteiger partial charge >= 0.3 is 12.1 Å². The second-order valence-corrected chi connectivity index (χ2v) is 2.72. The lowest BCUT2D eigenvalue weighted by atomic mass is 10.3. The zero-order valence-electron chi connectivity index (χ0n) is 7.22. The molecule has 4 nitrogen and oxygen atoms in total. The Kier molecular flexibility index (Phi) is 7.39. The molecule has 1 N–H and O–H groups in total. The average Bonchev–Trinajstić information content (AvgIpc) is 2.05. The molecule has 0 aromatic carbocycles. The summed E-state index contributed by atoms with van der Waals surface area (Å²) in [6, 6.07) is 0. The van der Waals surface area contributed by atoms with Crippen molar-refractivity contribution in [3.63, 3.8) is 0 Å². The summed E-state index contributed by atoms with van der Waals surface area (Å²) in [6.07, 6.45) is 1.10. The van der Waals surface area contributed by atoms with Crippen LogP contribution < -0.4 is 5.32 Å². The van der Waals surface area contributed by atoms with Gasteiger partial charge in [0.2, 0.25) is 0 Å². The number of carbonyl (C=O) groups is 2. The lowest BCUT2D eigenvalue weighted by Gasteiger charge is -2.00. The molecule has 0 bridgehead atoms. The van der Waals surface area contributed by atoms with Crippen LogP contribution in [0.4, 0.5) is 4.79 Å². The van der Waals surface area contributed by atoms with Crippen molar-refractivity contribution in [2.45, 2.75) is 19.8 Å². The van der Waals surface area contributed by atoms with Crippen LogP contribution >= 0.6 is 22.6 Å². The van der Waals surface area contributed by atoms with E-state index < -0.39 is 12.1 Å². The molecule has 0 spiro atoms. The van der Waals surface area contributed by atoms with Crippen LogP contribution in [0.3, 0.4) is 0 Å². The molecule has 0 radical (unpaired) electrons. The van der Waals surface area contributed by atoms with Crippen LogP contribution in [-0.2, 0) is 9.53 Å². The predicted octanol–water partition coefficient (Wildman–Crippen LogP) is 1.44. The third kappa shape index (κ3) is 7.59. The minimum Gasteiger partial charge on any atom is -0.366 e. The highest BCUT2D eigenvalue weighted by Crippen LogP contribution is 1.85. The molecule has 0 unspecified atom stereocenters. The van der Waals surface area contributed by atoms with Crippen molar-refractivity contribution < 1.29 is 14.3 Å². The van der Waals surface area contributed by atoms with Gasteiger partial charge in [-0.25, -0.2) is 9.59 Å². The van der Waals surface area contributed by atoms with E-state index in [1.165, 1.54) is 0 Å². The van der Waals surface area contributed by atoms with Crippen molar-refractivity contribution in [3.8, 4) is 9.85 Å². The van der Waals surface area contributed by atoms with E-state index in [0.717, 1.165) is 12.8 Å². The molecule has 1 amide bonds. The summed E-state index contributed by atoms with van der Waals surface area (Å²) in [5.74, 6) is 1.25. The van der Waals surface area contributed by atoms with Gasteiger partial charge in [-0.1, -0.05) is 13.3 Å². The molecule has 0 aromatic heterocycles. The minimum absolute atomic E-state index is 0.514. The lowest BCUT2D eigenvalue weighted by molar-refractivity contribution is -0.130.